The smallest absolute Gasteiger partial charge is 0.0820 e. The Morgan fingerprint density at radius 2 is 2.31 bits per heavy atom. The third kappa shape index (κ3) is 1.89. The first kappa shape index (κ1) is 11.0. The van der Waals surface area contributed by atoms with Crippen LogP contribution in [0.25, 0.3) is 10.8 Å². The van der Waals surface area contributed by atoms with Crippen molar-refractivity contribution < 1.29 is 0 Å². The fraction of sp³-hybridized carbons (Fsp3) is 0.154. The van der Waals surface area contributed by atoms with Gasteiger partial charge in [0.25, 0.3) is 0 Å². The van der Waals surface area contributed by atoms with Crippen molar-refractivity contribution in [3.63, 3.8) is 0 Å². The van der Waals surface area contributed by atoms with E-state index in [4.69, 9.17) is 17.3 Å². The first-order valence-electron chi connectivity index (χ1n) is 5.18. The Morgan fingerprint density at radius 1 is 1.56 bits per heavy atom. The van der Waals surface area contributed by atoms with Gasteiger partial charge >= 0.3 is 0 Å². The highest BCUT2D eigenvalue weighted by atomic mass is 35.5. The summed E-state index contributed by atoms with van der Waals surface area (Å²) in [5.74, 6) is 0. The maximum absolute atomic E-state index is 6.04. The fourth-order valence-electron chi connectivity index (χ4n) is 1.59. The maximum atomic E-state index is 6.04. The number of benzene rings is 1. The van der Waals surface area contributed by atoms with Gasteiger partial charge in [0, 0.05) is 16.5 Å². The zero-order valence-corrected chi connectivity index (χ0v) is 9.88. The quantitative estimate of drug-likeness (QED) is 0.812. The normalized spacial score (nSPS) is 13.9. The number of nitrogens with two attached hydrogens (primary N) is 1. The summed E-state index contributed by atoms with van der Waals surface area (Å²) in [5, 5.41) is 3.82. The highest BCUT2D eigenvalue weighted by Gasteiger charge is 2.13. The van der Waals surface area contributed by atoms with E-state index < -0.39 is 0 Å². The summed E-state index contributed by atoms with van der Waals surface area (Å²) < 4.78 is 0. The maximum Gasteiger partial charge on any atom is 0.0820 e. The Kier molecular flexibility index (Phi) is 2.84. The van der Waals surface area contributed by atoms with E-state index in [-0.39, 0.29) is 0 Å². The van der Waals surface area contributed by atoms with Gasteiger partial charge in [-0.25, -0.2) is 4.99 Å². The molecule has 0 radical (unpaired) electrons. The lowest BCUT2D eigenvalue weighted by Crippen LogP contribution is -1.99. The minimum absolute atomic E-state index is 0.489. The molecule has 0 heterocycles. The predicted octanol–water partition coefficient (Wildman–Crippen LogP) is 3.04. The molecule has 0 aliphatic rings. The van der Waals surface area contributed by atoms with Crippen molar-refractivity contribution >= 4 is 22.4 Å². The monoisotopic (exact) mass is 232 g/mol. The third-order valence-electron chi connectivity index (χ3n) is 2.40. The minimum Gasteiger partial charge on any atom is -0.397 e. The van der Waals surface area contributed by atoms with Crippen molar-refractivity contribution in [2.45, 2.75) is 13.3 Å². The van der Waals surface area contributed by atoms with Crippen LogP contribution in [0, 0.1) is 0 Å². The lowest BCUT2D eigenvalue weighted by molar-refractivity contribution is 1.13. The second kappa shape index (κ2) is 4.14. The van der Waals surface area contributed by atoms with Crippen LogP contribution in [0.1, 0.15) is 13.3 Å². The molecule has 0 atom stereocenters. The van der Waals surface area contributed by atoms with Gasteiger partial charge in [-0.3, -0.25) is 0 Å². The zero-order chi connectivity index (χ0) is 11.7. The van der Waals surface area contributed by atoms with Crippen molar-refractivity contribution in [1.29, 1.82) is 0 Å². The summed E-state index contributed by atoms with van der Waals surface area (Å²) in [5.41, 5.74) is 6.90. The van der Waals surface area contributed by atoms with E-state index in [0.29, 0.717) is 5.70 Å². The predicted molar refractivity (Wildman–Crippen MR) is 68.6 cm³/mol. The molecule has 0 bridgehead atoms. The average molecular weight is 233 g/mol. The number of rotatable bonds is 3. The van der Waals surface area contributed by atoms with Gasteiger partial charge in [0.1, 0.15) is 0 Å². The van der Waals surface area contributed by atoms with Gasteiger partial charge < -0.3 is 5.73 Å². The summed E-state index contributed by atoms with van der Waals surface area (Å²) in [6, 6.07) is 5.79. The molecule has 0 aliphatic heterocycles. The molecule has 0 aromatic heterocycles. The number of allylic oxidation sites excluding steroid dienone is 1. The molecule has 0 spiro atoms. The molecular formula is C13H13ClN2. The van der Waals surface area contributed by atoms with Crippen molar-refractivity contribution in [2.24, 2.45) is 10.7 Å². The molecule has 2 nitrogen and oxygen atoms in total. The summed E-state index contributed by atoms with van der Waals surface area (Å²) in [7, 11) is 0. The van der Waals surface area contributed by atoms with Crippen LogP contribution in [0.15, 0.2) is 47.2 Å². The Morgan fingerprint density at radius 3 is 2.88 bits per heavy atom. The summed E-state index contributed by atoms with van der Waals surface area (Å²) in [6.45, 7) is 5.75. The van der Waals surface area contributed by atoms with Gasteiger partial charge in [0.15, 0.2) is 0 Å². The van der Waals surface area contributed by atoms with E-state index >= 15 is 0 Å². The van der Waals surface area contributed by atoms with Crippen LogP contribution in [-0.2, 0) is 0 Å². The first-order chi connectivity index (χ1) is 7.65. The molecule has 2 aromatic rings. The highest BCUT2D eigenvalue weighted by Crippen LogP contribution is 2.25. The molecule has 2 aromatic carbocycles. The Balaban J connectivity index is 2.50. The number of fused-ring (bicyclic) bond motifs is 1. The van der Waals surface area contributed by atoms with Gasteiger partial charge in [0.2, 0.25) is 0 Å². The number of hydrogen-bond acceptors (Lipinski definition) is 2. The Bertz CT molecular complexity index is 598. The molecule has 0 aliphatic carbocycles. The standard InChI is InChI=1S/C13H13ClN2/c1-3-5-11(8(2)15)16-13-9-6-4-7-10(14)12(9)13/h4-7H,2-3,15H2,1H3/b11-5-,16-13?. The van der Waals surface area contributed by atoms with Gasteiger partial charge in [-0.1, -0.05) is 43.3 Å². The lowest BCUT2D eigenvalue weighted by atomic mass is 10.3. The minimum atomic E-state index is 0.489. The summed E-state index contributed by atoms with van der Waals surface area (Å²) in [6.07, 6.45) is 2.84. The molecule has 3 heteroatoms. The van der Waals surface area contributed by atoms with Crippen molar-refractivity contribution in [1.82, 2.24) is 0 Å². The zero-order valence-electron chi connectivity index (χ0n) is 9.13. The van der Waals surface area contributed by atoms with Crippen molar-refractivity contribution in [3.05, 3.63) is 52.6 Å². The van der Waals surface area contributed by atoms with E-state index in [1.165, 1.54) is 0 Å². The van der Waals surface area contributed by atoms with Crippen molar-refractivity contribution in [3.8, 4) is 0 Å². The lowest BCUT2D eigenvalue weighted by Gasteiger charge is -1.96. The summed E-state index contributed by atoms with van der Waals surface area (Å²) >= 11 is 6.04. The van der Waals surface area contributed by atoms with E-state index in [1.807, 2.05) is 31.2 Å². The van der Waals surface area contributed by atoms with Crippen LogP contribution in [0.5, 0.6) is 0 Å². The van der Waals surface area contributed by atoms with E-state index in [1.54, 1.807) is 0 Å². The molecule has 2 N–H and O–H groups in total. The van der Waals surface area contributed by atoms with E-state index in [9.17, 15) is 0 Å². The van der Waals surface area contributed by atoms with E-state index in [0.717, 1.165) is 33.3 Å². The third-order valence-corrected chi connectivity index (χ3v) is 2.72. The molecular weight excluding hydrogens is 220 g/mol. The van der Waals surface area contributed by atoms with Gasteiger partial charge in [-0.15, -0.1) is 0 Å². The van der Waals surface area contributed by atoms with Gasteiger partial charge in [0.05, 0.1) is 16.1 Å². The molecule has 0 fully saturated rings. The summed E-state index contributed by atoms with van der Waals surface area (Å²) in [4.78, 5) is 4.47. The number of hydrogen-bond donors (Lipinski definition) is 1. The number of nitrogens with zero attached hydrogens (tertiary/aromatic N) is 1. The largest absolute Gasteiger partial charge is 0.397 e. The highest BCUT2D eigenvalue weighted by molar-refractivity contribution is 6.37. The molecule has 0 saturated carbocycles. The molecule has 0 saturated heterocycles. The molecule has 16 heavy (non-hydrogen) atoms. The first-order valence-corrected chi connectivity index (χ1v) is 5.55. The van der Waals surface area contributed by atoms with Crippen LogP contribution in [0.3, 0.4) is 0 Å². The molecule has 82 valence electrons. The van der Waals surface area contributed by atoms with E-state index in [2.05, 4.69) is 11.6 Å². The van der Waals surface area contributed by atoms with Crippen molar-refractivity contribution in [2.75, 3.05) is 0 Å². The van der Waals surface area contributed by atoms with Crippen LogP contribution in [0.2, 0.25) is 5.02 Å². The molecule has 0 unspecified atom stereocenters. The topological polar surface area (TPSA) is 38.4 Å². The van der Waals surface area contributed by atoms with Crippen LogP contribution in [0.4, 0.5) is 0 Å². The molecule has 2 rings (SSSR count). The SMILES string of the molecule is C=C(N)/C(=C/CC)N=c1c2cccc(Cl)c12. The molecule has 0 amide bonds. The van der Waals surface area contributed by atoms with Crippen LogP contribution >= 0.6 is 11.6 Å². The average Bonchev–Trinajstić information content (AvgIpc) is 2.92. The second-order valence-electron chi connectivity index (χ2n) is 3.65. The number of halogens is 1. The van der Waals surface area contributed by atoms with Gasteiger partial charge in [-0.05, 0) is 12.5 Å². The Labute approximate surface area is 99.4 Å². The van der Waals surface area contributed by atoms with Gasteiger partial charge in [-0.2, -0.15) is 0 Å². The fourth-order valence-corrected chi connectivity index (χ4v) is 1.85. The second-order valence-corrected chi connectivity index (χ2v) is 4.05. The van der Waals surface area contributed by atoms with Crippen LogP contribution in [-0.4, -0.2) is 0 Å². The van der Waals surface area contributed by atoms with Crippen LogP contribution < -0.4 is 11.1 Å². The Hall–Kier alpha value is -1.54.